The lowest BCUT2D eigenvalue weighted by atomic mass is 10.1. The summed E-state index contributed by atoms with van der Waals surface area (Å²) in [4.78, 5) is 11.3. The molecular weight excluding hydrogens is 237 g/mol. The molecule has 0 aromatic carbocycles. The van der Waals surface area contributed by atoms with E-state index in [4.69, 9.17) is 0 Å². The standard InChI is InChI=1S/C10H17F3N2O2/c11-10(12,13)7-17-6-9(16)15-8-2-1-4-14-5-3-8/h8,14H,1-7H2,(H,15,16). The molecule has 0 aromatic heterocycles. The van der Waals surface area contributed by atoms with E-state index < -0.39 is 25.3 Å². The van der Waals surface area contributed by atoms with E-state index in [9.17, 15) is 18.0 Å². The van der Waals surface area contributed by atoms with E-state index in [-0.39, 0.29) is 6.04 Å². The minimum atomic E-state index is -4.38. The summed E-state index contributed by atoms with van der Waals surface area (Å²) in [6, 6.07) is 0.0342. The molecule has 0 aromatic rings. The number of hydrogen-bond acceptors (Lipinski definition) is 3. The lowest BCUT2D eigenvalue weighted by Crippen LogP contribution is -2.38. The second-order valence-corrected chi connectivity index (χ2v) is 4.05. The smallest absolute Gasteiger partial charge is 0.362 e. The molecule has 1 heterocycles. The summed E-state index contributed by atoms with van der Waals surface area (Å²) in [6.07, 6.45) is -1.79. The highest BCUT2D eigenvalue weighted by Gasteiger charge is 2.27. The number of halogens is 3. The predicted octanol–water partition coefficient (Wildman–Crippen LogP) is 0.824. The molecule has 1 unspecified atom stereocenters. The highest BCUT2D eigenvalue weighted by Crippen LogP contribution is 2.14. The van der Waals surface area contributed by atoms with Crippen molar-refractivity contribution in [1.29, 1.82) is 0 Å². The molecule has 100 valence electrons. The molecule has 4 nitrogen and oxygen atoms in total. The van der Waals surface area contributed by atoms with Gasteiger partial charge in [0.1, 0.15) is 13.2 Å². The number of alkyl halides is 3. The van der Waals surface area contributed by atoms with Gasteiger partial charge in [-0.25, -0.2) is 0 Å². The predicted molar refractivity (Wildman–Crippen MR) is 55.5 cm³/mol. The summed E-state index contributed by atoms with van der Waals surface area (Å²) in [7, 11) is 0. The summed E-state index contributed by atoms with van der Waals surface area (Å²) in [5, 5.41) is 5.86. The van der Waals surface area contributed by atoms with Crippen molar-refractivity contribution in [3.8, 4) is 0 Å². The fourth-order valence-electron chi connectivity index (χ4n) is 1.69. The van der Waals surface area contributed by atoms with Crippen molar-refractivity contribution in [1.82, 2.24) is 10.6 Å². The monoisotopic (exact) mass is 254 g/mol. The summed E-state index contributed by atoms with van der Waals surface area (Å²) in [5.74, 6) is -0.485. The van der Waals surface area contributed by atoms with Crippen LogP contribution in [0.5, 0.6) is 0 Å². The topological polar surface area (TPSA) is 50.4 Å². The Balaban J connectivity index is 2.15. The van der Waals surface area contributed by atoms with Crippen LogP contribution >= 0.6 is 0 Å². The number of amides is 1. The zero-order valence-electron chi connectivity index (χ0n) is 9.48. The lowest BCUT2D eigenvalue weighted by molar-refractivity contribution is -0.175. The van der Waals surface area contributed by atoms with Gasteiger partial charge in [-0.1, -0.05) is 0 Å². The molecule has 0 saturated carbocycles. The van der Waals surface area contributed by atoms with E-state index in [0.717, 1.165) is 32.4 Å². The molecule has 2 N–H and O–H groups in total. The SMILES string of the molecule is O=C(COCC(F)(F)F)NC1CCCNCC1. The number of carbonyl (C=O) groups excluding carboxylic acids is 1. The van der Waals surface area contributed by atoms with Gasteiger partial charge in [-0.05, 0) is 32.4 Å². The van der Waals surface area contributed by atoms with Crippen LogP contribution in [-0.4, -0.2) is 44.4 Å². The van der Waals surface area contributed by atoms with E-state index in [1.807, 2.05) is 0 Å². The average Bonchev–Trinajstić information content (AvgIpc) is 2.44. The fraction of sp³-hybridized carbons (Fsp3) is 0.900. The van der Waals surface area contributed by atoms with Gasteiger partial charge in [0.05, 0.1) is 0 Å². The Morgan fingerprint density at radius 1 is 1.35 bits per heavy atom. The molecule has 7 heteroatoms. The third kappa shape index (κ3) is 7.17. The molecule has 17 heavy (non-hydrogen) atoms. The molecule has 1 saturated heterocycles. The zero-order chi connectivity index (χ0) is 12.7. The molecule has 0 aliphatic carbocycles. The first-order valence-electron chi connectivity index (χ1n) is 5.62. The van der Waals surface area contributed by atoms with Gasteiger partial charge in [0.2, 0.25) is 5.91 Å². The second-order valence-electron chi connectivity index (χ2n) is 4.05. The highest BCUT2D eigenvalue weighted by molar-refractivity contribution is 5.77. The van der Waals surface area contributed by atoms with Gasteiger partial charge in [0.25, 0.3) is 0 Å². The molecule has 1 rings (SSSR count). The van der Waals surface area contributed by atoms with Crippen molar-refractivity contribution in [3.63, 3.8) is 0 Å². The number of rotatable bonds is 4. The van der Waals surface area contributed by atoms with Crippen LogP contribution in [0.3, 0.4) is 0 Å². The van der Waals surface area contributed by atoms with E-state index in [2.05, 4.69) is 15.4 Å². The van der Waals surface area contributed by atoms with Crippen LogP contribution in [0.15, 0.2) is 0 Å². The van der Waals surface area contributed by atoms with Gasteiger partial charge in [-0.15, -0.1) is 0 Å². The Hall–Kier alpha value is -0.820. The van der Waals surface area contributed by atoms with Crippen molar-refractivity contribution in [2.75, 3.05) is 26.3 Å². The van der Waals surface area contributed by atoms with Crippen LogP contribution < -0.4 is 10.6 Å². The van der Waals surface area contributed by atoms with E-state index in [1.165, 1.54) is 0 Å². The first-order chi connectivity index (χ1) is 7.97. The number of hydrogen-bond donors (Lipinski definition) is 2. The average molecular weight is 254 g/mol. The van der Waals surface area contributed by atoms with Gasteiger partial charge in [-0.2, -0.15) is 13.2 Å². The maximum absolute atomic E-state index is 11.8. The Morgan fingerprint density at radius 2 is 2.12 bits per heavy atom. The minimum Gasteiger partial charge on any atom is -0.362 e. The lowest BCUT2D eigenvalue weighted by Gasteiger charge is -2.16. The molecule has 1 aliphatic heterocycles. The first kappa shape index (κ1) is 14.2. The van der Waals surface area contributed by atoms with Crippen LogP contribution in [0.1, 0.15) is 19.3 Å². The first-order valence-corrected chi connectivity index (χ1v) is 5.62. The van der Waals surface area contributed by atoms with Crippen LogP contribution in [0.2, 0.25) is 0 Å². The third-order valence-corrected chi connectivity index (χ3v) is 2.44. The Kier molecular flexibility index (Phi) is 5.70. The van der Waals surface area contributed by atoms with Gasteiger partial charge < -0.3 is 15.4 Å². The summed E-state index contributed by atoms with van der Waals surface area (Å²) < 4.78 is 39.5. The molecule has 1 fully saturated rings. The number of carbonyl (C=O) groups is 1. The summed E-state index contributed by atoms with van der Waals surface area (Å²) >= 11 is 0. The van der Waals surface area contributed by atoms with Gasteiger partial charge in [0, 0.05) is 6.04 Å². The van der Waals surface area contributed by atoms with E-state index in [1.54, 1.807) is 0 Å². The molecular formula is C10H17F3N2O2. The minimum absolute atomic E-state index is 0.0342. The summed E-state index contributed by atoms with van der Waals surface area (Å²) in [5.41, 5.74) is 0. The fourth-order valence-corrected chi connectivity index (χ4v) is 1.69. The molecule has 0 bridgehead atoms. The molecule has 1 amide bonds. The summed E-state index contributed by atoms with van der Waals surface area (Å²) in [6.45, 7) is -0.193. The quantitative estimate of drug-likeness (QED) is 0.781. The maximum atomic E-state index is 11.8. The van der Waals surface area contributed by atoms with Crippen molar-refractivity contribution in [2.24, 2.45) is 0 Å². The van der Waals surface area contributed by atoms with Crippen molar-refractivity contribution in [3.05, 3.63) is 0 Å². The molecule has 1 aliphatic rings. The van der Waals surface area contributed by atoms with Crippen molar-refractivity contribution in [2.45, 2.75) is 31.5 Å². The molecule has 1 atom stereocenters. The van der Waals surface area contributed by atoms with Gasteiger partial charge in [-0.3, -0.25) is 4.79 Å². The number of nitrogens with one attached hydrogen (secondary N) is 2. The molecule has 0 spiro atoms. The largest absolute Gasteiger partial charge is 0.411 e. The van der Waals surface area contributed by atoms with Gasteiger partial charge >= 0.3 is 6.18 Å². The molecule has 0 radical (unpaired) electrons. The van der Waals surface area contributed by atoms with Crippen LogP contribution in [-0.2, 0) is 9.53 Å². The van der Waals surface area contributed by atoms with Crippen LogP contribution in [0.25, 0.3) is 0 Å². The maximum Gasteiger partial charge on any atom is 0.411 e. The van der Waals surface area contributed by atoms with Crippen LogP contribution in [0, 0.1) is 0 Å². The van der Waals surface area contributed by atoms with Crippen molar-refractivity contribution < 1.29 is 22.7 Å². The van der Waals surface area contributed by atoms with Crippen LogP contribution in [0.4, 0.5) is 13.2 Å². The Morgan fingerprint density at radius 3 is 2.82 bits per heavy atom. The van der Waals surface area contributed by atoms with Crippen molar-refractivity contribution >= 4 is 5.91 Å². The Labute approximate surface area is 97.9 Å². The zero-order valence-corrected chi connectivity index (χ0v) is 9.48. The third-order valence-electron chi connectivity index (χ3n) is 2.44. The normalized spacial score (nSPS) is 21.9. The highest BCUT2D eigenvalue weighted by atomic mass is 19.4. The number of ether oxygens (including phenoxy) is 1. The van der Waals surface area contributed by atoms with E-state index in [0.29, 0.717) is 0 Å². The van der Waals surface area contributed by atoms with E-state index >= 15 is 0 Å². The second kappa shape index (κ2) is 6.80. The van der Waals surface area contributed by atoms with Gasteiger partial charge in [0.15, 0.2) is 0 Å². The Bertz CT molecular complexity index is 238.